The quantitative estimate of drug-likeness (QED) is 0.630. The number of hydrogen-bond acceptors (Lipinski definition) is 7. The molecule has 0 saturated carbocycles. The molecule has 0 radical (unpaired) electrons. The van der Waals surface area contributed by atoms with Crippen molar-refractivity contribution >= 4 is 22.3 Å². The third-order valence-corrected chi connectivity index (χ3v) is 7.78. The number of aliphatic hydroxyl groups excluding tert-OH is 1. The maximum absolute atomic E-state index is 9.85. The van der Waals surface area contributed by atoms with E-state index in [4.69, 9.17) is 0 Å². The first kappa shape index (κ1) is 21.4. The van der Waals surface area contributed by atoms with E-state index in [1.165, 1.54) is 16.8 Å². The summed E-state index contributed by atoms with van der Waals surface area (Å²) in [5.74, 6) is 0. The maximum Gasteiger partial charge on any atom is 0.101 e. The highest BCUT2D eigenvalue weighted by atomic mass is 16.3. The van der Waals surface area contributed by atoms with Crippen LogP contribution in [0.25, 0.3) is 10.9 Å². The molecule has 174 valence electrons. The first-order valence-corrected chi connectivity index (χ1v) is 12.2. The van der Waals surface area contributed by atoms with Crippen molar-refractivity contribution in [2.45, 2.75) is 31.6 Å². The molecule has 2 aromatic carbocycles. The van der Waals surface area contributed by atoms with Crippen LogP contribution in [-0.2, 0) is 6.54 Å². The van der Waals surface area contributed by atoms with Crippen molar-refractivity contribution in [3.8, 4) is 6.07 Å². The molecule has 2 saturated heterocycles. The van der Waals surface area contributed by atoms with Crippen molar-refractivity contribution in [3.05, 3.63) is 65.4 Å². The van der Waals surface area contributed by atoms with Gasteiger partial charge in [-0.15, -0.1) is 0 Å². The Morgan fingerprint density at radius 1 is 1.21 bits per heavy atom. The van der Waals surface area contributed by atoms with E-state index in [0.29, 0.717) is 17.6 Å². The number of aromatic nitrogens is 1. The Labute approximate surface area is 200 Å². The number of piperazine rings is 2. The molecule has 0 amide bonds. The number of aliphatic hydroxyl groups is 1. The van der Waals surface area contributed by atoms with E-state index < -0.39 is 0 Å². The van der Waals surface area contributed by atoms with Crippen molar-refractivity contribution in [1.82, 2.24) is 15.2 Å². The fraction of sp³-hybridized carbons (Fsp3) is 0.407. The molecule has 3 aromatic rings. The summed E-state index contributed by atoms with van der Waals surface area (Å²) in [6, 6.07) is 18.1. The van der Waals surface area contributed by atoms with E-state index >= 15 is 0 Å². The van der Waals surface area contributed by atoms with Gasteiger partial charge in [-0.3, -0.25) is 9.88 Å². The van der Waals surface area contributed by atoms with Crippen LogP contribution in [0.5, 0.6) is 0 Å². The first-order valence-electron chi connectivity index (χ1n) is 12.2. The molecule has 3 aliphatic rings. The zero-order chi connectivity index (χ0) is 23.2. The predicted octanol–water partition coefficient (Wildman–Crippen LogP) is 2.64. The molecule has 7 nitrogen and oxygen atoms in total. The monoisotopic (exact) mass is 454 g/mol. The number of rotatable bonds is 3. The molecular formula is C27H30N6O. The van der Waals surface area contributed by atoms with E-state index in [0.717, 1.165) is 55.9 Å². The molecule has 0 aliphatic carbocycles. The molecule has 7 heteroatoms. The van der Waals surface area contributed by atoms with Gasteiger partial charge in [-0.05, 0) is 54.4 Å². The number of anilines is 2. The van der Waals surface area contributed by atoms with Gasteiger partial charge in [0.2, 0.25) is 0 Å². The molecular weight excluding hydrogens is 424 g/mol. The fourth-order valence-corrected chi connectivity index (χ4v) is 6.08. The molecule has 0 spiro atoms. The minimum absolute atomic E-state index is 0.128. The zero-order valence-corrected chi connectivity index (χ0v) is 19.5. The minimum Gasteiger partial charge on any atom is -0.394 e. The van der Waals surface area contributed by atoms with Crippen molar-refractivity contribution in [2.24, 2.45) is 0 Å². The number of nitrogens with one attached hydrogen (secondary N) is 1. The Morgan fingerprint density at radius 2 is 2.12 bits per heavy atom. The summed E-state index contributed by atoms with van der Waals surface area (Å²) in [5, 5.41) is 23.8. The van der Waals surface area contributed by atoms with Gasteiger partial charge < -0.3 is 20.2 Å². The number of nitriles is 1. The predicted molar refractivity (Wildman–Crippen MR) is 134 cm³/mol. The Balaban J connectivity index is 1.32. The van der Waals surface area contributed by atoms with E-state index in [1.54, 1.807) is 6.20 Å². The molecule has 6 rings (SSSR count). The fourth-order valence-electron chi connectivity index (χ4n) is 6.08. The molecule has 1 aromatic heterocycles. The average molecular weight is 455 g/mol. The van der Waals surface area contributed by atoms with Crippen LogP contribution in [0.15, 0.2) is 48.7 Å². The Bertz CT molecular complexity index is 1270. The van der Waals surface area contributed by atoms with Gasteiger partial charge in [0.1, 0.15) is 6.07 Å². The van der Waals surface area contributed by atoms with E-state index in [-0.39, 0.29) is 12.6 Å². The third-order valence-electron chi connectivity index (χ3n) is 7.78. The lowest BCUT2D eigenvalue weighted by molar-refractivity contribution is 0.134. The lowest BCUT2D eigenvalue weighted by Gasteiger charge is -2.44. The van der Waals surface area contributed by atoms with Crippen molar-refractivity contribution < 1.29 is 5.11 Å². The summed E-state index contributed by atoms with van der Waals surface area (Å²) in [7, 11) is 0. The summed E-state index contributed by atoms with van der Waals surface area (Å²) < 4.78 is 0. The number of nitrogens with zero attached hydrogens (tertiary/aromatic N) is 5. The Morgan fingerprint density at radius 3 is 2.97 bits per heavy atom. The van der Waals surface area contributed by atoms with E-state index in [2.05, 4.69) is 68.3 Å². The second-order valence-corrected chi connectivity index (χ2v) is 9.70. The SMILES string of the molecule is C[C@@H]1CN(c2ccc(C#N)c3ncccc23)C[C@@H]2c3ccc(N4CCNC[C@H]4CO)cc3CN12. The van der Waals surface area contributed by atoms with Crippen LogP contribution in [-0.4, -0.2) is 66.4 Å². The van der Waals surface area contributed by atoms with Gasteiger partial charge >= 0.3 is 0 Å². The molecule has 2 fully saturated rings. The highest BCUT2D eigenvalue weighted by molar-refractivity contribution is 5.95. The number of fused-ring (bicyclic) bond motifs is 4. The lowest BCUT2D eigenvalue weighted by Crippen LogP contribution is -2.53. The molecule has 2 N–H and O–H groups in total. The Hall–Kier alpha value is -3.18. The summed E-state index contributed by atoms with van der Waals surface area (Å²) in [6.45, 7) is 7.99. The molecule has 0 bridgehead atoms. The average Bonchev–Trinajstić information content (AvgIpc) is 3.26. The third kappa shape index (κ3) is 3.41. The molecule has 3 atom stereocenters. The van der Waals surface area contributed by atoms with E-state index in [9.17, 15) is 10.4 Å². The van der Waals surface area contributed by atoms with Crippen molar-refractivity contribution in [1.29, 1.82) is 5.26 Å². The molecule has 4 heterocycles. The second-order valence-electron chi connectivity index (χ2n) is 9.70. The zero-order valence-electron chi connectivity index (χ0n) is 19.5. The summed E-state index contributed by atoms with van der Waals surface area (Å²) in [4.78, 5) is 11.9. The van der Waals surface area contributed by atoms with Gasteiger partial charge in [-0.25, -0.2) is 0 Å². The van der Waals surface area contributed by atoms with Gasteiger partial charge in [0.15, 0.2) is 0 Å². The van der Waals surface area contributed by atoms with Crippen LogP contribution < -0.4 is 15.1 Å². The summed E-state index contributed by atoms with van der Waals surface area (Å²) in [5.41, 5.74) is 6.59. The van der Waals surface area contributed by atoms with Crippen LogP contribution in [0.4, 0.5) is 11.4 Å². The van der Waals surface area contributed by atoms with Crippen molar-refractivity contribution in [3.63, 3.8) is 0 Å². The number of benzene rings is 2. The van der Waals surface area contributed by atoms with Crippen LogP contribution >= 0.6 is 0 Å². The van der Waals surface area contributed by atoms with Gasteiger partial charge in [-0.2, -0.15) is 5.26 Å². The van der Waals surface area contributed by atoms with Crippen LogP contribution in [0.1, 0.15) is 29.7 Å². The first-order chi connectivity index (χ1) is 16.7. The van der Waals surface area contributed by atoms with Crippen LogP contribution in [0, 0.1) is 11.3 Å². The Kier molecular flexibility index (Phi) is 5.37. The van der Waals surface area contributed by atoms with Gasteiger partial charge in [0.25, 0.3) is 0 Å². The van der Waals surface area contributed by atoms with Gasteiger partial charge in [-0.1, -0.05) is 6.07 Å². The van der Waals surface area contributed by atoms with E-state index in [1.807, 2.05) is 12.1 Å². The highest BCUT2D eigenvalue weighted by Gasteiger charge is 2.39. The number of hydrogen-bond donors (Lipinski definition) is 2. The second kappa shape index (κ2) is 8.55. The standard InChI is InChI=1S/C27H30N6O/c1-18-14-31(25-7-4-19(12-28)27-24(25)3-2-8-30-27)16-26-23-6-5-21(11-20(23)15-33(18)26)32-10-9-29-13-22(32)17-34/h2-8,11,18,22,26,29,34H,9-10,13-17H2,1H3/t18-,22+,26-/m1/s1. The van der Waals surface area contributed by atoms with Crippen molar-refractivity contribution in [2.75, 3.05) is 49.1 Å². The topological polar surface area (TPSA) is 78.7 Å². The summed E-state index contributed by atoms with van der Waals surface area (Å²) in [6.07, 6.45) is 1.76. The lowest BCUT2D eigenvalue weighted by atomic mass is 9.99. The highest BCUT2D eigenvalue weighted by Crippen LogP contribution is 2.42. The molecule has 3 aliphatic heterocycles. The number of pyridine rings is 1. The smallest absolute Gasteiger partial charge is 0.101 e. The molecule has 0 unspecified atom stereocenters. The van der Waals surface area contributed by atoms with Crippen LogP contribution in [0.3, 0.4) is 0 Å². The maximum atomic E-state index is 9.85. The largest absolute Gasteiger partial charge is 0.394 e. The molecule has 34 heavy (non-hydrogen) atoms. The normalized spacial score (nSPS) is 24.7. The van der Waals surface area contributed by atoms with Gasteiger partial charge in [0.05, 0.1) is 29.8 Å². The van der Waals surface area contributed by atoms with Gasteiger partial charge in [0, 0.05) is 68.3 Å². The van der Waals surface area contributed by atoms with Crippen LogP contribution in [0.2, 0.25) is 0 Å². The summed E-state index contributed by atoms with van der Waals surface area (Å²) >= 11 is 0. The minimum atomic E-state index is 0.128.